The van der Waals surface area contributed by atoms with Crippen molar-refractivity contribution < 1.29 is 14.3 Å². The van der Waals surface area contributed by atoms with Crippen molar-refractivity contribution in [1.82, 2.24) is 14.9 Å². The molecule has 4 heterocycles. The molecule has 2 N–H and O–H groups in total. The van der Waals surface area contributed by atoms with Crippen molar-refractivity contribution in [2.75, 3.05) is 19.4 Å². The minimum atomic E-state index is -0.232. The second-order valence-corrected chi connectivity index (χ2v) is 7.87. The van der Waals surface area contributed by atoms with E-state index < -0.39 is 0 Å². The fourth-order valence-corrected chi connectivity index (χ4v) is 4.10. The first-order valence-corrected chi connectivity index (χ1v) is 9.66. The number of aromatic nitrogens is 2. The van der Waals surface area contributed by atoms with Gasteiger partial charge < -0.3 is 20.1 Å². The van der Waals surface area contributed by atoms with Gasteiger partial charge in [0.15, 0.2) is 0 Å². The van der Waals surface area contributed by atoms with Crippen LogP contribution in [0.3, 0.4) is 0 Å². The molecule has 0 bridgehead atoms. The summed E-state index contributed by atoms with van der Waals surface area (Å²) >= 11 is 3.39. The Morgan fingerprint density at radius 1 is 1.29 bits per heavy atom. The molecule has 2 aliphatic heterocycles. The number of hydrogen-bond donors (Lipinski definition) is 1. The van der Waals surface area contributed by atoms with Gasteiger partial charge in [0.1, 0.15) is 29.9 Å². The van der Waals surface area contributed by atoms with Crippen LogP contribution in [0, 0.1) is 0 Å². The standard InChI is InChI=1S/C20H17BrN4O3/c1-25(16-9-28-17-5-11(21)6-23-18(16)17)20(26)10-2-3-15-12(4-10)13-7-27-8-14(13)19(22)24-15/h2-6,16H,7-9H2,1H3,(H2,22,24)/t16-/m1/s1. The number of amides is 1. The second kappa shape index (κ2) is 6.42. The zero-order chi connectivity index (χ0) is 19.4. The number of nitrogens with two attached hydrogens (primary N) is 1. The first-order chi connectivity index (χ1) is 13.5. The summed E-state index contributed by atoms with van der Waals surface area (Å²) in [5.41, 5.74) is 10.1. The number of carbonyl (C=O) groups is 1. The average molecular weight is 441 g/mol. The number of anilines is 1. The average Bonchev–Trinajstić information content (AvgIpc) is 3.34. The normalized spacial score (nSPS) is 17.3. The Labute approximate surface area is 169 Å². The molecule has 0 saturated heterocycles. The SMILES string of the molecule is CN(C(=O)c1ccc2nc(N)c3c(c2c1)COC3)[C@@H]1COc2cc(Br)cnc21. The van der Waals surface area contributed by atoms with E-state index in [1.54, 1.807) is 24.2 Å². The van der Waals surface area contributed by atoms with Crippen LogP contribution in [-0.4, -0.2) is 34.4 Å². The summed E-state index contributed by atoms with van der Waals surface area (Å²) in [6.45, 7) is 1.32. The second-order valence-electron chi connectivity index (χ2n) is 6.96. The van der Waals surface area contributed by atoms with E-state index in [0.29, 0.717) is 37.0 Å². The van der Waals surface area contributed by atoms with E-state index in [1.165, 1.54) is 0 Å². The van der Waals surface area contributed by atoms with Crippen LogP contribution in [0.1, 0.15) is 33.2 Å². The summed E-state index contributed by atoms with van der Waals surface area (Å²) in [5, 5.41) is 0.908. The highest BCUT2D eigenvalue weighted by atomic mass is 79.9. The zero-order valence-corrected chi connectivity index (χ0v) is 16.7. The van der Waals surface area contributed by atoms with Gasteiger partial charge in [0.25, 0.3) is 5.91 Å². The van der Waals surface area contributed by atoms with E-state index in [4.69, 9.17) is 15.2 Å². The maximum atomic E-state index is 13.2. The van der Waals surface area contributed by atoms with Crippen LogP contribution in [0.15, 0.2) is 34.9 Å². The lowest BCUT2D eigenvalue weighted by atomic mass is 10.0. The number of carbonyl (C=O) groups excluding carboxylic acids is 1. The predicted octanol–water partition coefficient (Wildman–Crippen LogP) is 3.21. The lowest BCUT2D eigenvalue weighted by molar-refractivity contribution is 0.0706. The van der Waals surface area contributed by atoms with Gasteiger partial charge in [-0.05, 0) is 45.8 Å². The molecule has 142 valence electrons. The number of nitrogen functional groups attached to an aromatic ring is 1. The Morgan fingerprint density at radius 3 is 2.96 bits per heavy atom. The summed E-state index contributed by atoms with van der Waals surface area (Å²) < 4.78 is 12.1. The van der Waals surface area contributed by atoms with Crippen molar-refractivity contribution in [3.8, 4) is 5.75 Å². The predicted molar refractivity (Wildman–Crippen MR) is 107 cm³/mol. The van der Waals surface area contributed by atoms with E-state index >= 15 is 0 Å². The molecule has 0 fully saturated rings. The number of ether oxygens (including phenoxy) is 2. The van der Waals surface area contributed by atoms with Gasteiger partial charge in [0.2, 0.25) is 0 Å². The van der Waals surface area contributed by atoms with Crippen molar-refractivity contribution >= 4 is 38.6 Å². The molecule has 5 rings (SSSR count). The van der Waals surface area contributed by atoms with Gasteiger partial charge in [-0.15, -0.1) is 0 Å². The molecular formula is C20H17BrN4O3. The van der Waals surface area contributed by atoms with Gasteiger partial charge >= 0.3 is 0 Å². The third kappa shape index (κ3) is 2.63. The Hall–Kier alpha value is -2.71. The van der Waals surface area contributed by atoms with Crippen molar-refractivity contribution in [2.24, 2.45) is 0 Å². The van der Waals surface area contributed by atoms with E-state index in [0.717, 1.165) is 32.2 Å². The van der Waals surface area contributed by atoms with E-state index in [-0.39, 0.29) is 11.9 Å². The lowest BCUT2D eigenvalue weighted by Crippen LogP contribution is -2.32. The van der Waals surface area contributed by atoms with Crippen molar-refractivity contribution in [2.45, 2.75) is 19.3 Å². The van der Waals surface area contributed by atoms with Gasteiger partial charge in [-0.3, -0.25) is 9.78 Å². The van der Waals surface area contributed by atoms with Crippen molar-refractivity contribution in [3.63, 3.8) is 0 Å². The molecule has 0 unspecified atom stereocenters. The van der Waals surface area contributed by atoms with Crippen LogP contribution in [-0.2, 0) is 18.0 Å². The smallest absolute Gasteiger partial charge is 0.254 e. The minimum Gasteiger partial charge on any atom is -0.489 e. The van der Waals surface area contributed by atoms with Crippen LogP contribution in [0.4, 0.5) is 5.82 Å². The highest BCUT2D eigenvalue weighted by molar-refractivity contribution is 9.10. The maximum absolute atomic E-state index is 13.2. The molecule has 2 aliphatic rings. The largest absolute Gasteiger partial charge is 0.489 e. The molecule has 2 aromatic heterocycles. The van der Waals surface area contributed by atoms with E-state index in [2.05, 4.69) is 25.9 Å². The third-order valence-electron chi connectivity index (χ3n) is 5.32. The molecule has 28 heavy (non-hydrogen) atoms. The molecule has 1 atom stereocenters. The minimum absolute atomic E-state index is 0.0995. The fraction of sp³-hybridized carbons (Fsp3) is 0.250. The number of pyridine rings is 2. The molecule has 1 aromatic carbocycles. The number of nitrogens with zero attached hydrogens (tertiary/aromatic N) is 3. The van der Waals surface area contributed by atoms with Crippen LogP contribution in [0.2, 0.25) is 0 Å². The summed E-state index contributed by atoms with van der Waals surface area (Å²) in [6, 6.07) is 7.13. The summed E-state index contributed by atoms with van der Waals surface area (Å²) in [7, 11) is 1.77. The molecule has 0 saturated carbocycles. The van der Waals surface area contributed by atoms with Gasteiger partial charge in [-0.2, -0.15) is 0 Å². The number of benzene rings is 1. The molecule has 8 heteroatoms. The van der Waals surface area contributed by atoms with Gasteiger partial charge in [-0.25, -0.2) is 4.98 Å². The number of fused-ring (bicyclic) bond motifs is 4. The van der Waals surface area contributed by atoms with Crippen LogP contribution in [0.5, 0.6) is 5.75 Å². The molecule has 7 nitrogen and oxygen atoms in total. The van der Waals surface area contributed by atoms with E-state index in [9.17, 15) is 4.79 Å². The van der Waals surface area contributed by atoms with Gasteiger partial charge in [0, 0.05) is 34.2 Å². The molecule has 0 spiro atoms. The van der Waals surface area contributed by atoms with Crippen LogP contribution in [0.25, 0.3) is 10.9 Å². The van der Waals surface area contributed by atoms with Crippen molar-refractivity contribution in [3.05, 3.63) is 57.3 Å². The van der Waals surface area contributed by atoms with Gasteiger partial charge in [-0.1, -0.05) is 0 Å². The fourth-order valence-electron chi connectivity index (χ4n) is 3.79. The van der Waals surface area contributed by atoms with E-state index in [1.807, 2.05) is 18.2 Å². The zero-order valence-electron chi connectivity index (χ0n) is 15.1. The highest BCUT2D eigenvalue weighted by Gasteiger charge is 2.32. The number of rotatable bonds is 2. The summed E-state index contributed by atoms with van der Waals surface area (Å²) in [6.07, 6.45) is 1.72. The number of halogens is 1. The van der Waals surface area contributed by atoms with Crippen LogP contribution >= 0.6 is 15.9 Å². The van der Waals surface area contributed by atoms with Crippen LogP contribution < -0.4 is 10.5 Å². The third-order valence-corrected chi connectivity index (χ3v) is 5.76. The first-order valence-electron chi connectivity index (χ1n) is 8.87. The van der Waals surface area contributed by atoms with Crippen molar-refractivity contribution in [1.29, 1.82) is 0 Å². The number of hydrogen-bond acceptors (Lipinski definition) is 6. The Kier molecular flexibility index (Phi) is 3.99. The van der Waals surface area contributed by atoms with Gasteiger partial charge in [0.05, 0.1) is 18.7 Å². The topological polar surface area (TPSA) is 90.6 Å². The summed E-state index contributed by atoms with van der Waals surface area (Å²) in [5.74, 6) is 1.10. The molecule has 3 aromatic rings. The molecule has 0 aliphatic carbocycles. The lowest BCUT2D eigenvalue weighted by Gasteiger charge is -2.23. The maximum Gasteiger partial charge on any atom is 0.254 e. The summed E-state index contributed by atoms with van der Waals surface area (Å²) in [4.78, 5) is 23.7. The Balaban J connectivity index is 1.51. The quantitative estimate of drug-likeness (QED) is 0.657. The highest BCUT2D eigenvalue weighted by Crippen LogP contribution is 2.36. The first kappa shape index (κ1) is 17.4. The Morgan fingerprint density at radius 2 is 2.11 bits per heavy atom. The Bertz CT molecular complexity index is 1130. The monoisotopic (exact) mass is 440 g/mol. The molecular weight excluding hydrogens is 424 g/mol. The molecule has 0 radical (unpaired) electrons. The molecule has 1 amide bonds. The number of likely N-dealkylation sites (N-methyl/N-ethyl adjacent to an activating group) is 1.